The van der Waals surface area contributed by atoms with Gasteiger partial charge >= 0.3 is 5.97 Å². The van der Waals surface area contributed by atoms with Crippen LogP contribution in [0.15, 0.2) is 23.1 Å². The lowest BCUT2D eigenvalue weighted by molar-refractivity contribution is -0.148. The third kappa shape index (κ3) is 2.67. The summed E-state index contributed by atoms with van der Waals surface area (Å²) in [5, 5.41) is 9.34. The van der Waals surface area contributed by atoms with Crippen LogP contribution in [0.25, 0.3) is 0 Å². The lowest BCUT2D eigenvalue weighted by atomic mass is 9.85. The van der Waals surface area contributed by atoms with Gasteiger partial charge in [0.25, 0.3) is 0 Å². The van der Waals surface area contributed by atoms with E-state index in [2.05, 4.69) is 0 Å². The smallest absolute Gasteiger partial charge is 0.311 e. The second-order valence-electron chi connectivity index (χ2n) is 5.44. The molecule has 1 unspecified atom stereocenters. The van der Waals surface area contributed by atoms with E-state index in [0.29, 0.717) is 12.0 Å². The molecule has 1 saturated heterocycles. The van der Waals surface area contributed by atoms with E-state index in [1.807, 2.05) is 0 Å². The van der Waals surface area contributed by atoms with Crippen molar-refractivity contribution in [3.8, 4) is 0 Å². The summed E-state index contributed by atoms with van der Waals surface area (Å²) in [6.07, 6.45) is 0.662. The number of hydrogen-bond donors (Lipinski definition) is 1. The fourth-order valence-electron chi connectivity index (χ4n) is 2.70. The fourth-order valence-corrected chi connectivity index (χ4v) is 4.43. The SMILES string of the molecule is CCC1(C(=O)O)CCN(S(=O)(=O)c2ccc(F)cc2C)C1. The van der Waals surface area contributed by atoms with Gasteiger partial charge in [-0.1, -0.05) is 6.92 Å². The normalized spacial score (nSPS) is 23.4. The van der Waals surface area contributed by atoms with Crippen molar-refractivity contribution in [3.05, 3.63) is 29.6 Å². The molecule has 0 bridgehead atoms. The molecular weight excluding hydrogens is 297 g/mol. The Balaban J connectivity index is 2.36. The Kier molecular flexibility index (Phi) is 4.08. The molecule has 116 valence electrons. The third-order valence-corrected chi connectivity index (χ3v) is 6.21. The molecule has 0 aromatic heterocycles. The molecule has 5 nitrogen and oxygen atoms in total. The zero-order valence-corrected chi connectivity index (χ0v) is 12.8. The van der Waals surface area contributed by atoms with Crippen LogP contribution in [0.4, 0.5) is 4.39 Å². The monoisotopic (exact) mass is 315 g/mol. The predicted octanol–water partition coefficient (Wildman–Crippen LogP) is 2.01. The van der Waals surface area contributed by atoms with Crippen LogP contribution in [-0.4, -0.2) is 36.9 Å². The second-order valence-corrected chi connectivity index (χ2v) is 7.34. The number of rotatable bonds is 4. The van der Waals surface area contributed by atoms with E-state index < -0.39 is 27.2 Å². The van der Waals surface area contributed by atoms with Crippen LogP contribution in [-0.2, 0) is 14.8 Å². The first-order valence-corrected chi connectivity index (χ1v) is 8.17. The topological polar surface area (TPSA) is 74.7 Å². The zero-order chi connectivity index (χ0) is 15.8. The maximum Gasteiger partial charge on any atom is 0.311 e. The molecule has 0 saturated carbocycles. The minimum atomic E-state index is -3.80. The van der Waals surface area contributed by atoms with E-state index in [4.69, 9.17) is 0 Å². The summed E-state index contributed by atoms with van der Waals surface area (Å²) in [5.74, 6) is -1.47. The number of aliphatic carboxylic acids is 1. The van der Waals surface area contributed by atoms with Crippen molar-refractivity contribution in [2.24, 2.45) is 5.41 Å². The summed E-state index contributed by atoms with van der Waals surface area (Å²) in [4.78, 5) is 11.4. The average Bonchev–Trinajstić information content (AvgIpc) is 2.84. The number of aryl methyl sites for hydroxylation is 1. The molecule has 0 spiro atoms. The van der Waals surface area contributed by atoms with Crippen molar-refractivity contribution in [2.75, 3.05) is 13.1 Å². The molecule has 7 heteroatoms. The summed E-state index contributed by atoms with van der Waals surface area (Å²) >= 11 is 0. The number of carbonyl (C=O) groups is 1. The van der Waals surface area contributed by atoms with Gasteiger partial charge in [0.05, 0.1) is 10.3 Å². The standard InChI is InChI=1S/C14H18FNO4S/c1-3-14(13(17)18)6-7-16(9-14)21(19,20)12-5-4-11(15)8-10(12)2/h4-5,8H,3,6-7,9H2,1-2H3,(H,17,18). The molecule has 2 rings (SSSR count). The van der Waals surface area contributed by atoms with Crippen molar-refractivity contribution in [1.29, 1.82) is 0 Å². The van der Waals surface area contributed by atoms with Crippen molar-refractivity contribution in [1.82, 2.24) is 4.31 Å². The molecular formula is C14H18FNO4S. The van der Waals surface area contributed by atoms with E-state index in [1.165, 1.54) is 17.3 Å². The predicted molar refractivity (Wildman–Crippen MR) is 74.9 cm³/mol. The lowest BCUT2D eigenvalue weighted by Gasteiger charge is -2.23. The quantitative estimate of drug-likeness (QED) is 0.922. The summed E-state index contributed by atoms with van der Waals surface area (Å²) in [5.41, 5.74) is -0.708. The Morgan fingerprint density at radius 2 is 2.14 bits per heavy atom. The van der Waals surface area contributed by atoms with Crippen molar-refractivity contribution < 1.29 is 22.7 Å². The molecule has 0 aliphatic carbocycles. The first-order chi connectivity index (χ1) is 9.73. The van der Waals surface area contributed by atoms with Crippen LogP contribution in [0, 0.1) is 18.2 Å². The van der Waals surface area contributed by atoms with Gasteiger partial charge in [-0.25, -0.2) is 12.8 Å². The van der Waals surface area contributed by atoms with Gasteiger partial charge in [0.15, 0.2) is 0 Å². The van der Waals surface area contributed by atoms with E-state index >= 15 is 0 Å². The Morgan fingerprint density at radius 1 is 1.48 bits per heavy atom. The van der Waals surface area contributed by atoms with Gasteiger partial charge in [0, 0.05) is 13.1 Å². The Hall–Kier alpha value is -1.47. The Morgan fingerprint density at radius 3 is 2.62 bits per heavy atom. The van der Waals surface area contributed by atoms with E-state index in [1.54, 1.807) is 6.92 Å². The van der Waals surface area contributed by atoms with Crippen LogP contribution in [0.2, 0.25) is 0 Å². The summed E-state index contributed by atoms with van der Waals surface area (Å²) in [6, 6.07) is 3.49. The molecule has 1 aliphatic rings. The van der Waals surface area contributed by atoms with E-state index in [-0.39, 0.29) is 24.4 Å². The number of benzene rings is 1. The fraction of sp³-hybridized carbons (Fsp3) is 0.500. The van der Waals surface area contributed by atoms with Gasteiger partial charge in [-0.3, -0.25) is 4.79 Å². The Bertz CT molecular complexity index is 674. The molecule has 1 fully saturated rings. The first kappa shape index (κ1) is 15.9. The molecule has 21 heavy (non-hydrogen) atoms. The Labute approximate surface area is 123 Å². The van der Waals surface area contributed by atoms with Gasteiger partial charge in [-0.2, -0.15) is 4.31 Å². The number of nitrogens with zero attached hydrogens (tertiary/aromatic N) is 1. The molecule has 1 aromatic carbocycles. The minimum absolute atomic E-state index is 0.0289. The first-order valence-electron chi connectivity index (χ1n) is 6.73. The van der Waals surface area contributed by atoms with E-state index in [9.17, 15) is 22.7 Å². The van der Waals surface area contributed by atoms with Crippen LogP contribution in [0.3, 0.4) is 0 Å². The highest BCUT2D eigenvalue weighted by Crippen LogP contribution is 2.37. The van der Waals surface area contributed by atoms with E-state index in [0.717, 1.165) is 12.1 Å². The van der Waals surface area contributed by atoms with Crippen LogP contribution in [0.1, 0.15) is 25.3 Å². The van der Waals surface area contributed by atoms with Crippen molar-refractivity contribution in [2.45, 2.75) is 31.6 Å². The summed E-state index contributed by atoms with van der Waals surface area (Å²) < 4.78 is 39.5. The van der Waals surface area contributed by atoms with Gasteiger partial charge in [0.2, 0.25) is 10.0 Å². The van der Waals surface area contributed by atoms with Crippen LogP contribution >= 0.6 is 0 Å². The molecule has 1 atom stereocenters. The number of hydrogen-bond acceptors (Lipinski definition) is 3. The molecule has 1 aromatic rings. The molecule has 1 N–H and O–H groups in total. The summed E-state index contributed by atoms with van der Waals surface area (Å²) in [6.45, 7) is 3.39. The van der Waals surface area contributed by atoms with Gasteiger partial charge < -0.3 is 5.11 Å². The number of carboxylic acids is 1. The largest absolute Gasteiger partial charge is 0.481 e. The highest BCUT2D eigenvalue weighted by atomic mass is 32.2. The van der Waals surface area contributed by atoms with Crippen LogP contribution in [0.5, 0.6) is 0 Å². The highest BCUT2D eigenvalue weighted by molar-refractivity contribution is 7.89. The van der Waals surface area contributed by atoms with Gasteiger partial charge in [0.1, 0.15) is 5.82 Å². The lowest BCUT2D eigenvalue weighted by Crippen LogP contribution is -2.36. The average molecular weight is 315 g/mol. The number of halogens is 1. The number of carboxylic acid groups (broad SMARTS) is 1. The molecule has 0 radical (unpaired) electrons. The van der Waals surface area contributed by atoms with Gasteiger partial charge in [-0.05, 0) is 43.5 Å². The molecule has 1 heterocycles. The molecule has 0 amide bonds. The second kappa shape index (κ2) is 5.38. The maximum atomic E-state index is 13.1. The third-order valence-electron chi connectivity index (χ3n) is 4.20. The van der Waals surface area contributed by atoms with Crippen LogP contribution < -0.4 is 0 Å². The maximum absolute atomic E-state index is 13.1. The van der Waals surface area contributed by atoms with Gasteiger partial charge in [-0.15, -0.1) is 0 Å². The highest BCUT2D eigenvalue weighted by Gasteiger charge is 2.47. The van der Waals surface area contributed by atoms with Crippen molar-refractivity contribution in [3.63, 3.8) is 0 Å². The zero-order valence-electron chi connectivity index (χ0n) is 12.0. The van der Waals surface area contributed by atoms with Crippen molar-refractivity contribution >= 4 is 16.0 Å². The summed E-state index contributed by atoms with van der Waals surface area (Å²) in [7, 11) is -3.80. The molecule has 1 aliphatic heterocycles. The minimum Gasteiger partial charge on any atom is -0.481 e. The number of sulfonamides is 1.